The predicted octanol–water partition coefficient (Wildman–Crippen LogP) is 2.13. The number of rotatable bonds is 4. The van der Waals surface area contributed by atoms with Crippen molar-refractivity contribution in [1.29, 1.82) is 0 Å². The Hall–Kier alpha value is -0.820. The van der Waals surface area contributed by atoms with E-state index in [0.717, 1.165) is 0 Å². The van der Waals surface area contributed by atoms with E-state index in [2.05, 4.69) is 5.32 Å². The lowest BCUT2D eigenvalue weighted by Gasteiger charge is -2.38. The van der Waals surface area contributed by atoms with Crippen molar-refractivity contribution in [2.24, 2.45) is 0 Å². The topological polar surface area (TPSA) is 35.5 Å². The van der Waals surface area contributed by atoms with Crippen LogP contribution >= 0.6 is 12.4 Å². The largest absolute Gasteiger partial charge is 0.390 e. The molecular formula is C14H20ClF3N2O. The average Bonchev–Trinajstić information content (AvgIpc) is 2.43. The molecule has 0 amide bonds. The maximum absolute atomic E-state index is 14.1. The summed E-state index contributed by atoms with van der Waals surface area (Å²) in [6.07, 6.45) is 0. The van der Waals surface area contributed by atoms with Gasteiger partial charge in [0.05, 0.1) is 0 Å². The predicted molar refractivity (Wildman–Crippen MR) is 77.6 cm³/mol. The normalized spacial score (nSPS) is 18.1. The molecule has 0 spiro atoms. The summed E-state index contributed by atoms with van der Waals surface area (Å²) in [5.41, 5.74) is 0.620. The summed E-state index contributed by atoms with van der Waals surface area (Å²) in [5.74, 6) is -4.03. The first-order chi connectivity index (χ1) is 9.45. The van der Waals surface area contributed by atoms with Gasteiger partial charge in [-0.2, -0.15) is 0 Å². The fraction of sp³-hybridized carbons (Fsp3) is 0.571. The molecular weight excluding hydrogens is 305 g/mol. The molecule has 1 aromatic carbocycles. The first-order valence-electron chi connectivity index (χ1n) is 6.65. The Morgan fingerprint density at radius 2 is 1.95 bits per heavy atom. The van der Waals surface area contributed by atoms with Gasteiger partial charge in [-0.05, 0) is 18.6 Å². The van der Waals surface area contributed by atoms with Crippen LogP contribution in [0.4, 0.5) is 13.2 Å². The van der Waals surface area contributed by atoms with Crippen molar-refractivity contribution in [3.63, 3.8) is 0 Å². The molecule has 0 radical (unpaired) electrons. The molecule has 0 unspecified atom stereocenters. The van der Waals surface area contributed by atoms with Gasteiger partial charge in [-0.25, -0.2) is 13.2 Å². The highest BCUT2D eigenvalue weighted by atomic mass is 35.5. The van der Waals surface area contributed by atoms with Gasteiger partial charge >= 0.3 is 0 Å². The van der Waals surface area contributed by atoms with E-state index in [9.17, 15) is 13.2 Å². The first kappa shape index (κ1) is 18.2. The molecule has 2 N–H and O–H groups in total. The number of piperazine rings is 1. The molecule has 7 heteroatoms. The number of hydrogen-bond donors (Lipinski definition) is 2. The molecule has 1 aliphatic heterocycles. The summed E-state index contributed by atoms with van der Waals surface area (Å²) < 4.78 is 42.2. The lowest BCUT2D eigenvalue weighted by Crippen LogP contribution is -2.51. The van der Waals surface area contributed by atoms with Crippen LogP contribution in [0, 0.1) is 12.7 Å². The molecule has 1 aromatic rings. The van der Waals surface area contributed by atoms with Crippen molar-refractivity contribution in [3.8, 4) is 0 Å². The maximum atomic E-state index is 14.1. The Kier molecular flexibility index (Phi) is 6.46. The maximum Gasteiger partial charge on any atom is 0.290 e. The van der Waals surface area contributed by atoms with E-state index < -0.39 is 24.4 Å². The highest BCUT2D eigenvalue weighted by molar-refractivity contribution is 5.85. The number of alkyl halides is 2. The molecule has 0 saturated carbocycles. The van der Waals surface area contributed by atoms with E-state index in [0.29, 0.717) is 31.7 Å². The number of halogens is 4. The number of aliphatic hydroxyl groups is 1. The second kappa shape index (κ2) is 7.45. The van der Waals surface area contributed by atoms with E-state index in [1.807, 2.05) is 0 Å². The summed E-state index contributed by atoms with van der Waals surface area (Å²) in [5, 5.41) is 12.1. The number of nitrogens with zero attached hydrogens (tertiary/aromatic N) is 1. The fourth-order valence-corrected chi connectivity index (χ4v) is 2.57. The van der Waals surface area contributed by atoms with Gasteiger partial charge < -0.3 is 10.4 Å². The van der Waals surface area contributed by atoms with E-state index >= 15 is 0 Å². The molecule has 1 heterocycles. The summed E-state index contributed by atoms with van der Waals surface area (Å²) >= 11 is 0. The number of hydrogen-bond acceptors (Lipinski definition) is 3. The second-order valence-electron chi connectivity index (χ2n) is 5.13. The van der Waals surface area contributed by atoms with Gasteiger partial charge in [0.1, 0.15) is 18.5 Å². The van der Waals surface area contributed by atoms with Crippen molar-refractivity contribution < 1.29 is 18.3 Å². The zero-order valence-corrected chi connectivity index (χ0v) is 12.6. The molecule has 2 rings (SSSR count). The highest BCUT2D eigenvalue weighted by Gasteiger charge is 2.45. The summed E-state index contributed by atoms with van der Waals surface area (Å²) in [6.45, 7) is 2.35. The van der Waals surface area contributed by atoms with Crippen molar-refractivity contribution in [2.45, 2.75) is 18.9 Å². The van der Waals surface area contributed by atoms with Gasteiger partial charge in [-0.3, -0.25) is 4.90 Å². The molecule has 0 bridgehead atoms. The SMILES string of the molecule is Cc1ccc([C@H](N2CCNCC2)C(F)(F)CO)c(F)c1.Cl. The monoisotopic (exact) mass is 324 g/mol. The Balaban J connectivity index is 0.00000220. The summed E-state index contributed by atoms with van der Waals surface area (Å²) in [7, 11) is 0. The molecule has 0 aliphatic carbocycles. The van der Waals surface area contributed by atoms with Gasteiger partial charge in [0, 0.05) is 31.7 Å². The molecule has 3 nitrogen and oxygen atoms in total. The third-order valence-corrected chi connectivity index (χ3v) is 3.58. The fourth-order valence-electron chi connectivity index (χ4n) is 2.57. The van der Waals surface area contributed by atoms with Crippen LogP contribution in [0.3, 0.4) is 0 Å². The van der Waals surface area contributed by atoms with Crippen molar-refractivity contribution >= 4 is 12.4 Å². The van der Waals surface area contributed by atoms with Crippen LogP contribution in [0.25, 0.3) is 0 Å². The molecule has 1 aliphatic rings. The minimum absolute atomic E-state index is 0. The Bertz CT molecular complexity index is 468. The van der Waals surface area contributed by atoms with Crippen LogP contribution in [-0.2, 0) is 0 Å². The Morgan fingerprint density at radius 3 is 2.48 bits per heavy atom. The number of aryl methyl sites for hydroxylation is 1. The van der Waals surface area contributed by atoms with Gasteiger partial charge in [0.2, 0.25) is 0 Å². The van der Waals surface area contributed by atoms with Crippen molar-refractivity contribution in [1.82, 2.24) is 10.2 Å². The zero-order valence-electron chi connectivity index (χ0n) is 11.8. The quantitative estimate of drug-likeness (QED) is 0.890. The van der Waals surface area contributed by atoms with Crippen LogP contribution in [0.2, 0.25) is 0 Å². The summed E-state index contributed by atoms with van der Waals surface area (Å²) in [4.78, 5) is 1.53. The van der Waals surface area contributed by atoms with Gasteiger partial charge in [-0.1, -0.05) is 12.1 Å². The highest BCUT2D eigenvalue weighted by Crippen LogP contribution is 2.37. The number of aliphatic hydroxyl groups excluding tert-OH is 1. The minimum Gasteiger partial charge on any atom is -0.390 e. The molecule has 1 saturated heterocycles. The Morgan fingerprint density at radius 1 is 1.33 bits per heavy atom. The molecule has 120 valence electrons. The van der Waals surface area contributed by atoms with Gasteiger partial charge in [0.15, 0.2) is 0 Å². The molecule has 21 heavy (non-hydrogen) atoms. The van der Waals surface area contributed by atoms with Crippen LogP contribution in [0.1, 0.15) is 17.2 Å². The smallest absolute Gasteiger partial charge is 0.290 e. The summed E-state index contributed by atoms with van der Waals surface area (Å²) in [6, 6.07) is 2.81. The van der Waals surface area contributed by atoms with Crippen molar-refractivity contribution in [2.75, 3.05) is 32.8 Å². The van der Waals surface area contributed by atoms with E-state index in [1.54, 1.807) is 13.0 Å². The lowest BCUT2D eigenvalue weighted by atomic mass is 9.96. The van der Waals surface area contributed by atoms with Gasteiger partial charge in [-0.15, -0.1) is 12.4 Å². The Labute approximate surface area is 128 Å². The van der Waals surface area contributed by atoms with Crippen molar-refractivity contribution in [3.05, 3.63) is 35.1 Å². The van der Waals surface area contributed by atoms with Crippen LogP contribution in [0.5, 0.6) is 0 Å². The average molecular weight is 325 g/mol. The first-order valence-corrected chi connectivity index (χ1v) is 6.65. The van der Waals surface area contributed by atoms with Crippen LogP contribution in [-0.4, -0.2) is 48.7 Å². The third-order valence-electron chi connectivity index (χ3n) is 3.58. The number of nitrogens with one attached hydrogen (secondary N) is 1. The minimum atomic E-state index is -3.38. The second-order valence-corrected chi connectivity index (χ2v) is 5.13. The van der Waals surface area contributed by atoms with Crippen LogP contribution < -0.4 is 5.32 Å². The zero-order chi connectivity index (χ0) is 14.8. The number of benzene rings is 1. The lowest BCUT2D eigenvalue weighted by molar-refractivity contribution is -0.119. The van der Waals surface area contributed by atoms with E-state index in [-0.39, 0.29) is 18.0 Å². The van der Waals surface area contributed by atoms with Crippen LogP contribution in [0.15, 0.2) is 18.2 Å². The van der Waals surface area contributed by atoms with E-state index in [1.165, 1.54) is 17.0 Å². The molecule has 0 aromatic heterocycles. The molecule has 1 atom stereocenters. The van der Waals surface area contributed by atoms with Gasteiger partial charge in [0.25, 0.3) is 5.92 Å². The standard InChI is InChI=1S/C14H19F3N2O.ClH/c1-10-2-3-11(12(15)8-10)13(14(16,17)9-20)19-6-4-18-5-7-19;/h2-3,8,13,18,20H,4-7,9H2,1H3;1H/t13-;/m0./s1. The van der Waals surface area contributed by atoms with E-state index in [4.69, 9.17) is 5.11 Å². The third kappa shape index (κ3) is 4.10. The molecule has 1 fully saturated rings.